The van der Waals surface area contributed by atoms with E-state index in [0.717, 1.165) is 15.7 Å². The van der Waals surface area contributed by atoms with Crippen molar-refractivity contribution in [3.63, 3.8) is 0 Å². The number of ether oxygens (including phenoxy) is 1. The number of hydrogen-bond acceptors (Lipinski definition) is 4. The van der Waals surface area contributed by atoms with Crippen molar-refractivity contribution in [1.29, 1.82) is 0 Å². The van der Waals surface area contributed by atoms with E-state index < -0.39 is 0 Å². The minimum atomic E-state index is -0.218. The van der Waals surface area contributed by atoms with Gasteiger partial charge in [0.2, 0.25) is 11.8 Å². The molecule has 0 aromatic heterocycles. The first-order valence-electron chi connectivity index (χ1n) is 8.06. The van der Waals surface area contributed by atoms with Crippen molar-refractivity contribution in [2.45, 2.75) is 6.92 Å². The summed E-state index contributed by atoms with van der Waals surface area (Å²) in [7, 11) is 3.27. The summed E-state index contributed by atoms with van der Waals surface area (Å²) in [5.41, 5.74) is 2.32. The molecule has 0 radical (unpaired) electrons. The summed E-state index contributed by atoms with van der Waals surface area (Å²) in [5, 5.41) is 5.64. The minimum absolute atomic E-state index is 0.0881. The van der Waals surface area contributed by atoms with Crippen LogP contribution in [0.1, 0.15) is 5.56 Å². The molecule has 0 saturated heterocycles. The number of nitrogens with zero attached hydrogens (tertiary/aromatic N) is 1. The predicted octanol–water partition coefficient (Wildman–Crippen LogP) is 3.28. The normalized spacial score (nSPS) is 10.5. The summed E-state index contributed by atoms with van der Waals surface area (Å²) in [6.07, 6.45) is 0. The highest BCUT2D eigenvalue weighted by atomic mass is 79.9. The molecular weight excluding hydrogens is 398 g/mol. The van der Waals surface area contributed by atoms with Gasteiger partial charge < -0.3 is 15.4 Å². The number of nitrogens with one attached hydrogen (secondary N) is 2. The van der Waals surface area contributed by atoms with Gasteiger partial charge in [0.05, 0.1) is 25.9 Å². The zero-order chi connectivity index (χ0) is 19.1. The van der Waals surface area contributed by atoms with E-state index in [1.54, 1.807) is 31.2 Å². The lowest BCUT2D eigenvalue weighted by Gasteiger charge is -2.17. The van der Waals surface area contributed by atoms with Crippen LogP contribution >= 0.6 is 15.9 Å². The first kappa shape index (κ1) is 19.9. The fraction of sp³-hybridized carbons (Fsp3) is 0.263. The van der Waals surface area contributed by atoms with Crippen LogP contribution in [0.5, 0.6) is 5.75 Å². The van der Waals surface area contributed by atoms with E-state index in [4.69, 9.17) is 4.74 Å². The average molecular weight is 420 g/mol. The first-order valence-corrected chi connectivity index (χ1v) is 8.85. The summed E-state index contributed by atoms with van der Waals surface area (Å²) < 4.78 is 6.16. The Kier molecular flexibility index (Phi) is 7.17. The van der Waals surface area contributed by atoms with Crippen LogP contribution in [0.2, 0.25) is 0 Å². The number of carbonyl (C=O) groups excluding carboxylic acids is 2. The van der Waals surface area contributed by atoms with E-state index in [-0.39, 0.29) is 24.9 Å². The number of amides is 2. The zero-order valence-corrected chi connectivity index (χ0v) is 16.6. The van der Waals surface area contributed by atoms with E-state index in [2.05, 4.69) is 26.6 Å². The molecule has 0 heterocycles. The highest BCUT2D eigenvalue weighted by Gasteiger charge is 2.13. The Morgan fingerprint density at radius 3 is 2.27 bits per heavy atom. The Hall–Kier alpha value is -2.38. The number of aryl methyl sites for hydroxylation is 1. The van der Waals surface area contributed by atoms with Gasteiger partial charge in [-0.05, 0) is 49.9 Å². The average Bonchev–Trinajstić information content (AvgIpc) is 2.57. The van der Waals surface area contributed by atoms with Gasteiger partial charge in [-0.3, -0.25) is 14.5 Å². The number of methoxy groups -OCH3 is 1. The third kappa shape index (κ3) is 5.86. The largest absolute Gasteiger partial charge is 0.495 e. The van der Waals surface area contributed by atoms with Gasteiger partial charge in [0.15, 0.2) is 0 Å². The third-order valence-corrected chi connectivity index (χ3v) is 4.16. The van der Waals surface area contributed by atoms with E-state index in [1.165, 1.54) is 0 Å². The van der Waals surface area contributed by atoms with E-state index in [0.29, 0.717) is 11.4 Å². The van der Waals surface area contributed by atoms with Crippen LogP contribution in [0.3, 0.4) is 0 Å². The number of hydrogen-bond donors (Lipinski definition) is 2. The molecule has 2 rings (SSSR count). The number of rotatable bonds is 7. The van der Waals surface area contributed by atoms with E-state index >= 15 is 0 Å². The standard InChI is InChI=1S/C19H22BrN3O3/c1-13-10-14(20)8-9-15(13)21-18(24)11-23(2)12-19(25)22-16-6-4-5-7-17(16)26-3/h4-10H,11-12H2,1-3H3,(H,21,24)(H,22,25). The molecule has 0 atom stereocenters. The lowest BCUT2D eigenvalue weighted by atomic mass is 10.2. The second-order valence-electron chi connectivity index (χ2n) is 5.93. The lowest BCUT2D eigenvalue weighted by Crippen LogP contribution is -2.36. The third-order valence-electron chi connectivity index (χ3n) is 3.67. The number of carbonyl (C=O) groups is 2. The number of likely N-dealkylation sites (N-methyl/N-ethyl adjacent to an activating group) is 1. The molecule has 7 heteroatoms. The smallest absolute Gasteiger partial charge is 0.238 e. The second-order valence-corrected chi connectivity index (χ2v) is 6.84. The zero-order valence-electron chi connectivity index (χ0n) is 15.0. The highest BCUT2D eigenvalue weighted by Crippen LogP contribution is 2.23. The van der Waals surface area contributed by atoms with Crippen LogP contribution in [0.4, 0.5) is 11.4 Å². The summed E-state index contributed by atoms with van der Waals surface area (Å²) in [4.78, 5) is 26.0. The van der Waals surface area contributed by atoms with Gasteiger partial charge in [0.25, 0.3) is 0 Å². The highest BCUT2D eigenvalue weighted by molar-refractivity contribution is 9.10. The molecule has 0 aliphatic carbocycles. The van der Waals surface area contributed by atoms with E-state index in [1.807, 2.05) is 37.3 Å². The van der Waals surface area contributed by atoms with Crippen molar-refractivity contribution in [1.82, 2.24) is 4.90 Å². The topological polar surface area (TPSA) is 70.7 Å². The second kappa shape index (κ2) is 9.35. The van der Waals surface area contributed by atoms with Crippen LogP contribution in [-0.2, 0) is 9.59 Å². The predicted molar refractivity (Wildman–Crippen MR) is 107 cm³/mol. The number of anilines is 2. The Labute approximate surface area is 161 Å². The van der Waals surface area contributed by atoms with Crippen LogP contribution in [-0.4, -0.2) is 44.0 Å². The van der Waals surface area contributed by atoms with Gasteiger partial charge in [0, 0.05) is 10.2 Å². The monoisotopic (exact) mass is 419 g/mol. The Bertz CT molecular complexity index is 795. The molecule has 0 fully saturated rings. The molecule has 0 bridgehead atoms. The van der Waals surface area contributed by atoms with Gasteiger partial charge in [-0.15, -0.1) is 0 Å². The molecule has 0 unspecified atom stereocenters. The van der Waals surface area contributed by atoms with Gasteiger partial charge in [-0.2, -0.15) is 0 Å². The molecular formula is C19H22BrN3O3. The maximum absolute atomic E-state index is 12.2. The van der Waals surface area contributed by atoms with Crippen molar-refractivity contribution in [3.8, 4) is 5.75 Å². The number of para-hydroxylation sites is 2. The van der Waals surface area contributed by atoms with Crippen molar-refractivity contribution in [3.05, 3.63) is 52.5 Å². The maximum atomic E-state index is 12.2. The number of benzene rings is 2. The van der Waals surface area contributed by atoms with Crippen molar-refractivity contribution >= 4 is 39.1 Å². The summed E-state index contributed by atoms with van der Waals surface area (Å²) >= 11 is 3.39. The molecule has 2 amide bonds. The molecule has 2 N–H and O–H groups in total. The van der Waals surface area contributed by atoms with Gasteiger partial charge in [-0.25, -0.2) is 0 Å². The molecule has 0 aliphatic heterocycles. The van der Waals surface area contributed by atoms with Crippen LogP contribution in [0.25, 0.3) is 0 Å². The Balaban J connectivity index is 1.86. The molecule has 2 aromatic carbocycles. The maximum Gasteiger partial charge on any atom is 0.238 e. The summed E-state index contributed by atoms with van der Waals surface area (Å²) in [6.45, 7) is 2.12. The van der Waals surface area contributed by atoms with Crippen molar-refractivity contribution in [2.24, 2.45) is 0 Å². The Morgan fingerprint density at radius 2 is 1.65 bits per heavy atom. The van der Waals surface area contributed by atoms with Crippen molar-refractivity contribution in [2.75, 3.05) is 37.9 Å². The molecule has 2 aromatic rings. The van der Waals surface area contributed by atoms with Gasteiger partial charge in [-0.1, -0.05) is 28.1 Å². The number of halogens is 1. The van der Waals surface area contributed by atoms with E-state index in [9.17, 15) is 9.59 Å². The SMILES string of the molecule is COc1ccccc1NC(=O)CN(C)CC(=O)Nc1ccc(Br)cc1C. The molecule has 0 aliphatic rings. The fourth-order valence-corrected chi connectivity index (χ4v) is 2.92. The quantitative estimate of drug-likeness (QED) is 0.722. The minimum Gasteiger partial charge on any atom is -0.495 e. The molecule has 6 nitrogen and oxygen atoms in total. The molecule has 26 heavy (non-hydrogen) atoms. The van der Waals surface area contributed by atoms with Crippen LogP contribution < -0.4 is 15.4 Å². The summed E-state index contributed by atoms with van der Waals surface area (Å²) in [5.74, 6) is 0.194. The van der Waals surface area contributed by atoms with Crippen molar-refractivity contribution < 1.29 is 14.3 Å². The Morgan fingerprint density at radius 1 is 1.04 bits per heavy atom. The fourth-order valence-electron chi connectivity index (χ4n) is 2.44. The molecule has 138 valence electrons. The summed E-state index contributed by atoms with van der Waals surface area (Å²) in [6, 6.07) is 12.8. The van der Waals surface area contributed by atoms with Crippen LogP contribution in [0.15, 0.2) is 46.9 Å². The van der Waals surface area contributed by atoms with Crippen LogP contribution in [0, 0.1) is 6.92 Å². The lowest BCUT2D eigenvalue weighted by molar-refractivity contribution is -0.119. The molecule has 0 saturated carbocycles. The molecule has 0 spiro atoms. The van der Waals surface area contributed by atoms with Gasteiger partial charge in [0.1, 0.15) is 5.75 Å². The first-order chi connectivity index (χ1) is 12.4. The van der Waals surface area contributed by atoms with Gasteiger partial charge >= 0.3 is 0 Å².